The molecular weight excluding hydrogens is 524 g/mol. The second-order valence-electron chi connectivity index (χ2n) is 10.3. The number of ether oxygens (including phenoxy) is 1. The Morgan fingerprint density at radius 1 is 1.18 bits per heavy atom. The summed E-state index contributed by atoms with van der Waals surface area (Å²) in [5, 5.41) is 6.78. The van der Waals surface area contributed by atoms with Crippen molar-refractivity contribution in [2.45, 2.75) is 44.6 Å². The molecule has 6 rings (SSSR count). The molecule has 1 spiro atoms. The Kier molecular flexibility index (Phi) is 8.42. The molecule has 2 N–H and O–H groups in total. The Balaban J connectivity index is 0.000000170. The number of ketones is 1. The van der Waals surface area contributed by atoms with Crippen LogP contribution in [-0.4, -0.2) is 61.5 Å². The summed E-state index contributed by atoms with van der Waals surface area (Å²) in [4.78, 5) is 42.0. The largest absolute Gasteiger partial charge is 0.486 e. The molecule has 2 aromatic carbocycles. The Labute approximate surface area is 238 Å². The van der Waals surface area contributed by atoms with E-state index in [2.05, 4.69) is 33.6 Å². The van der Waals surface area contributed by atoms with Gasteiger partial charge in [0, 0.05) is 54.3 Å². The van der Waals surface area contributed by atoms with E-state index in [4.69, 9.17) is 4.74 Å². The predicted octanol–water partition coefficient (Wildman–Crippen LogP) is 6.18. The Morgan fingerprint density at radius 3 is 2.70 bits per heavy atom. The highest BCUT2D eigenvalue weighted by molar-refractivity contribution is 7.23. The van der Waals surface area contributed by atoms with Gasteiger partial charge in [-0.3, -0.25) is 19.9 Å². The first-order chi connectivity index (χ1) is 19.4. The van der Waals surface area contributed by atoms with Crippen LogP contribution >= 0.6 is 11.3 Å². The van der Waals surface area contributed by atoms with Gasteiger partial charge < -0.3 is 15.0 Å². The number of anilines is 1. The van der Waals surface area contributed by atoms with Crippen LogP contribution in [0.1, 0.15) is 65.3 Å². The molecular formula is C31H34N4O4S. The number of aliphatic imine (C=N–C) groups is 1. The second kappa shape index (κ2) is 12.1. The molecule has 8 nitrogen and oxygen atoms in total. The number of carbonyl (C=O) groups is 3. The van der Waals surface area contributed by atoms with Crippen LogP contribution in [0.2, 0.25) is 0 Å². The standard InChI is InChI=1S/C19H22N2O2.C12H12N2O2S/c1-21-10-7-19(8-11-21)13-17(22)15-12-14(5-6-18(15)23-19)16-4-2-3-9-20-16;1-2-13-12(16)14-11-9(7-15)8-5-3-4-6-10(8)17-11/h4-6,9,12H,2-3,7-8,10-11,13H2,1H3;3-7H,2H2,1H3,(H2,13,14,16). The molecule has 0 unspecified atom stereocenters. The lowest BCUT2D eigenvalue weighted by atomic mass is 9.82. The summed E-state index contributed by atoms with van der Waals surface area (Å²) in [6.45, 7) is 4.36. The number of benzene rings is 2. The van der Waals surface area contributed by atoms with Crippen molar-refractivity contribution in [2.75, 3.05) is 32.0 Å². The van der Waals surface area contributed by atoms with Crippen LogP contribution in [0.5, 0.6) is 5.75 Å². The Morgan fingerprint density at radius 2 is 1.98 bits per heavy atom. The van der Waals surface area contributed by atoms with Crippen molar-refractivity contribution in [1.29, 1.82) is 0 Å². The minimum absolute atomic E-state index is 0.207. The normalized spacial score (nSPS) is 17.8. The number of urea groups is 1. The molecule has 0 radical (unpaired) electrons. The fourth-order valence-electron chi connectivity index (χ4n) is 5.24. The number of allylic oxidation sites excluding steroid dienone is 1. The van der Waals surface area contributed by atoms with Gasteiger partial charge >= 0.3 is 6.03 Å². The number of carbonyl (C=O) groups excluding carboxylic acids is 3. The fourth-order valence-corrected chi connectivity index (χ4v) is 6.31. The van der Waals surface area contributed by atoms with Crippen LogP contribution in [0.25, 0.3) is 15.8 Å². The van der Waals surface area contributed by atoms with E-state index in [-0.39, 0.29) is 17.4 Å². The van der Waals surface area contributed by atoms with Crippen molar-refractivity contribution < 1.29 is 19.1 Å². The second-order valence-corrected chi connectivity index (χ2v) is 11.4. The van der Waals surface area contributed by atoms with Gasteiger partial charge in [-0.15, -0.1) is 11.3 Å². The molecule has 4 heterocycles. The minimum Gasteiger partial charge on any atom is -0.486 e. The Bertz CT molecular complexity index is 1480. The average Bonchev–Trinajstić information content (AvgIpc) is 3.32. The van der Waals surface area contributed by atoms with Crippen LogP contribution in [-0.2, 0) is 0 Å². The summed E-state index contributed by atoms with van der Waals surface area (Å²) in [5.74, 6) is 0.952. The van der Waals surface area contributed by atoms with Crippen LogP contribution in [0.3, 0.4) is 0 Å². The van der Waals surface area contributed by atoms with E-state index in [0.717, 1.165) is 72.2 Å². The van der Waals surface area contributed by atoms with E-state index in [1.54, 1.807) is 0 Å². The van der Waals surface area contributed by atoms with E-state index >= 15 is 0 Å². The van der Waals surface area contributed by atoms with Crippen molar-refractivity contribution >= 4 is 56.4 Å². The molecule has 1 saturated heterocycles. The third-order valence-corrected chi connectivity index (χ3v) is 8.57. The van der Waals surface area contributed by atoms with E-state index in [1.807, 2.05) is 55.6 Å². The molecule has 3 aliphatic rings. The molecule has 0 atom stereocenters. The number of nitrogens with zero attached hydrogens (tertiary/aromatic N) is 2. The quantitative estimate of drug-likeness (QED) is 0.373. The first-order valence-electron chi connectivity index (χ1n) is 13.7. The van der Waals surface area contributed by atoms with E-state index in [1.165, 1.54) is 11.3 Å². The first kappa shape index (κ1) is 27.7. The minimum atomic E-state index is -0.291. The first-order valence-corrected chi connectivity index (χ1v) is 14.5. The topological polar surface area (TPSA) is 100 Å². The molecule has 208 valence electrons. The summed E-state index contributed by atoms with van der Waals surface area (Å²) in [6, 6.07) is 13.2. The van der Waals surface area contributed by atoms with Gasteiger partial charge in [0.05, 0.1) is 23.2 Å². The number of likely N-dealkylation sites (tertiary alicyclic amines) is 1. The van der Waals surface area contributed by atoms with Crippen LogP contribution in [0, 0.1) is 0 Å². The molecule has 1 fully saturated rings. The predicted molar refractivity (Wildman–Crippen MR) is 161 cm³/mol. The Hall–Kier alpha value is -3.82. The maximum atomic E-state index is 12.7. The summed E-state index contributed by atoms with van der Waals surface area (Å²) in [6.07, 6.45) is 9.21. The highest BCUT2D eigenvalue weighted by Crippen LogP contribution is 2.40. The SMILES string of the molecule is CCNC(=O)Nc1sc2ccccc2c1C=O.CN1CCC2(CC1)CC(=O)c1cc(C3=CCCC=N3)ccc1O2. The smallest absolute Gasteiger partial charge is 0.319 e. The number of fused-ring (bicyclic) bond motifs is 2. The van der Waals surface area contributed by atoms with Gasteiger partial charge in [0.25, 0.3) is 0 Å². The van der Waals surface area contributed by atoms with Gasteiger partial charge in [0.15, 0.2) is 12.1 Å². The van der Waals surface area contributed by atoms with Gasteiger partial charge in [-0.1, -0.05) is 24.3 Å². The number of nitrogens with one attached hydrogen (secondary N) is 2. The molecule has 0 saturated carbocycles. The highest BCUT2D eigenvalue weighted by Gasteiger charge is 2.42. The maximum Gasteiger partial charge on any atom is 0.319 e. The molecule has 3 aliphatic heterocycles. The summed E-state index contributed by atoms with van der Waals surface area (Å²) < 4.78 is 7.30. The molecule has 3 aromatic rings. The molecule has 9 heteroatoms. The zero-order valence-electron chi connectivity index (χ0n) is 22.9. The zero-order chi connectivity index (χ0) is 28.1. The number of hydrogen-bond acceptors (Lipinski definition) is 7. The number of amides is 2. The maximum absolute atomic E-state index is 12.7. The van der Waals surface area contributed by atoms with Gasteiger partial charge in [-0.2, -0.15) is 0 Å². The number of rotatable bonds is 4. The number of hydrogen-bond donors (Lipinski definition) is 2. The number of aldehydes is 1. The fraction of sp³-hybridized carbons (Fsp3) is 0.355. The summed E-state index contributed by atoms with van der Waals surface area (Å²) >= 11 is 1.40. The van der Waals surface area contributed by atoms with Crippen LogP contribution in [0.15, 0.2) is 53.5 Å². The molecule has 1 aromatic heterocycles. The number of thiophene rings is 1. The third kappa shape index (κ3) is 6.00. The van der Waals surface area contributed by atoms with Crippen molar-refractivity contribution in [3.05, 3.63) is 65.2 Å². The van der Waals surface area contributed by atoms with Gasteiger partial charge in [0.1, 0.15) is 16.4 Å². The summed E-state index contributed by atoms with van der Waals surface area (Å²) in [7, 11) is 2.12. The van der Waals surface area contributed by atoms with Crippen LogP contribution < -0.4 is 15.4 Å². The molecule has 2 amide bonds. The third-order valence-electron chi connectivity index (χ3n) is 7.46. The monoisotopic (exact) mass is 558 g/mol. The van der Waals surface area contributed by atoms with Crippen molar-refractivity contribution in [1.82, 2.24) is 10.2 Å². The highest BCUT2D eigenvalue weighted by atomic mass is 32.1. The number of piperidine rings is 1. The summed E-state index contributed by atoms with van der Waals surface area (Å²) in [5.41, 5.74) is 2.94. The molecule has 0 aliphatic carbocycles. The van der Waals surface area contributed by atoms with E-state index < -0.39 is 0 Å². The van der Waals surface area contributed by atoms with Gasteiger partial charge in [-0.25, -0.2) is 4.79 Å². The number of Topliss-reactive ketones (excluding diaryl/α,β-unsaturated/α-hetero) is 1. The van der Waals surface area contributed by atoms with Gasteiger partial charge in [-0.05, 0) is 51.1 Å². The lowest BCUT2D eigenvalue weighted by Crippen LogP contribution is -2.50. The van der Waals surface area contributed by atoms with Crippen molar-refractivity contribution in [2.24, 2.45) is 4.99 Å². The molecule has 0 bridgehead atoms. The van der Waals surface area contributed by atoms with Crippen molar-refractivity contribution in [3.8, 4) is 5.75 Å². The zero-order valence-corrected chi connectivity index (χ0v) is 23.7. The van der Waals surface area contributed by atoms with Crippen LogP contribution in [0.4, 0.5) is 9.80 Å². The molecule has 40 heavy (non-hydrogen) atoms. The van der Waals surface area contributed by atoms with E-state index in [0.29, 0.717) is 29.1 Å². The van der Waals surface area contributed by atoms with Crippen molar-refractivity contribution in [3.63, 3.8) is 0 Å². The van der Waals surface area contributed by atoms with E-state index in [9.17, 15) is 14.4 Å². The lowest BCUT2D eigenvalue weighted by molar-refractivity contribution is -0.00368. The lowest BCUT2D eigenvalue weighted by Gasteiger charge is -2.43. The average molecular weight is 559 g/mol. The van der Waals surface area contributed by atoms with Gasteiger partial charge in [0.2, 0.25) is 0 Å².